The van der Waals surface area contributed by atoms with E-state index >= 15 is 0 Å². The monoisotopic (exact) mass is 191 g/mol. The number of carbonyl (C=O) groups excluding carboxylic acids is 1. The zero-order chi connectivity index (χ0) is 8.89. The molecule has 1 heterocycles. The number of hydrogen-bond acceptors (Lipinski definition) is 2. The molecule has 1 aromatic carbocycles. The van der Waals surface area contributed by atoms with Crippen molar-refractivity contribution in [2.45, 2.75) is 22.5 Å². The third-order valence-corrected chi connectivity index (χ3v) is 4.12. The third kappa shape index (κ3) is 1.000. The fraction of sp³-hybridized carbons (Fsp3) is 0.300. The van der Waals surface area contributed by atoms with Gasteiger partial charge in [-0.25, -0.2) is 0 Å². The van der Waals surface area contributed by atoms with E-state index in [4.69, 9.17) is 0 Å². The molecule has 1 amide bonds. The van der Waals surface area contributed by atoms with Crippen molar-refractivity contribution in [2.24, 2.45) is 0 Å². The molecule has 1 aliphatic carbocycles. The van der Waals surface area contributed by atoms with Gasteiger partial charge in [-0.15, -0.1) is 11.8 Å². The second kappa shape index (κ2) is 2.29. The summed E-state index contributed by atoms with van der Waals surface area (Å²) in [7, 11) is 0. The minimum absolute atomic E-state index is 0.103. The van der Waals surface area contributed by atoms with E-state index in [1.165, 1.54) is 4.90 Å². The smallest absolute Gasteiger partial charge is 0.241 e. The lowest BCUT2D eigenvalue weighted by Gasteiger charge is -2.23. The van der Waals surface area contributed by atoms with Crippen molar-refractivity contribution in [1.29, 1.82) is 0 Å². The fourth-order valence-electron chi connectivity index (χ4n) is 1.59. The lowest BCUT2D eigenvalue weighted by Crippen LogP contribution is -2.30. The van der Waals surface area contributed by atoms with E-state index in [-0.39, 0.29) is 10.7 Å². The van der Waals surface area contributed by atoms with Gasteiger partial charge in [-0.05, 0) is 25.0 Å². The predicted molar refractivity (Wildman–Crippen MR) is 52.9 cm³/mol. The minimum Gasteiger partial charge on any atom is -0.324 e. The highest BCUT2D eigenvalue weighted by atomic mass is 32.2. The Labute approximate surface area is 80.7 Å². The number of para-hydroxylation sites is 1. The summed E-state index contributed by atoms with van der Waals surface area (Å²) in [6.45, 7) is 0. The third-order valence-electron chi connectivity index (χ3n) is 2.56. The summed E-state index contributed by atoms with van der Waals surface area (Å²) in [6, 6.07) is 7.99. The number of anilines is 1. The number of thioether (sulfide) groups is 1. The average molecular weight is 191 g/mol. The molecular weight excluding hydrogens is 182 g/mol. The summed E-state index contributed by atoms with van der Waals surface area (Å²) in [5, 5.41) is 2.95. The molecule has 1 aliphatic heterocycles. The van der Waals surface area contributed by atoms with Crippen LogP contribution >= 0.6 is 11.8 Å². The van der Waals surface area contributed by atoms with E-state index in [2.05, 4.69) is 11.4 Å². The summed E-state index contributed by atoms with van der Waals surface area (Å²) in [5.74, 6) is 0.191. The molecule has 0 unspecified atom stereocenters. The van der Waals surface area contributed by atoms with Gasteiger partial charge in [0, 0.05) is 4.90 Å². The molecule has 13 heavy (non-hydrogen) atoms. The first kappa shape index (κ1) is 7.44. The van der Waals surface area contributed by atoms with E-state index in [1.807, 2.05) is 18.2 Å². The van der Waals surface area contributed by atoms with Crippen LogP contribution in [-0.4, -0.2) is 10.7 Å². The molecule has 0 saturated heterocycles. The van der Waals surface area contributed by atoms with E-state index < -0.39 is 0 Å². The fourth-order valence-corrected chi connectivity index (χ4v) is 2.84. The molecule has 3 heteroatoms. The van der Waals surface area contributed by atoms with Gasteiger partial charge in [0.1, 0.15) is 0 Å². The van der Waals surface area contributed by atoms with Gasteiger partial charge in [0.05, 0.1) is 10.4 Å². The number of carbonyl (C=O) groups is 1. The first-order valence-corrected chi connectivity index (χ1v) is 5.21. The topological polar surface area (TPSA) is 29.1 Å². The van der Waals surface area contributed by atoms with Crippen molar-refractivity contribution < 1.29 is 4.79 Å². The molecule has 3 rings (SSSR count). The molecule has 0 atom stereocenters. The Hall–Kier alpha value is -0.960. The van der Waals surface area contributed by atoms with E-state index in [0.29, 0.717) is 0 Å². The van der Waals surface area contributed by atoms with Gasteiger partial charge in [0.25, 0.3) is 0 Å². The Balaban J connectivity index is 2.07. The Bertz CT molecular complexity index is 384. The molecule has 1 aromatic rings. The number of fused-ring (bicyclic) bond motifs is 1. The average Bonchev–Trinajstić information content (AvgIpc) is 2.88. The maximum atomic E-state index is 11.6. The van der Waals surface area contributed by atoms with Crippen molar-refractivity contribution in [3.63, 3.8) is 0 Å². The number of nitrogens with one attached hydrogen (secondary N) is 1. The molecule has 2 aliphatic rings. The van der Waals surface area contributed by atoms with E-state index in [9.17, 15) is 4.79 Å². The van der Waals surface area contributed by atoms with Crippen molar-refractivity contribution in [2.75, 3.05) is 5.32 Å². The van der Waals surface area contributed by atoms with Crippen LogP contribution < -0.4 is 5.32 Å². The van der Waals surface area contributed by atoms with Crippen molar-refractivity contribution in [1.82, 2.24) is 0 Å². The Morgan fingerprint density at radius 1 is 1.31 bits per heavy atom. The Kier molecular flexibility index (Phi) is 1.31. The first-order chi connectivity index (χ1) is 6.30. The van der Waals surface area contributed by atoms with Crippen LogP contribution in [0.15, 0.2) is 29.2 Å². The minimum atomic E-state index is -0.103. The maximum Gasteiger partial charge on any atom is 0.241 e. The second-order valence-corrected chi connectivity index (χ2v) is 4.97. The number of benzene rings is 1. The van der Waals surface area contributed by atoms with Crippen molar-refractivity contribution in [3.8, 4) is 0 Å². The molecule has 0 radical (unpaired) electrons. The van der Waals surface area contributed by atoms with Gasteiger partial charge < -0.3 is 5.32 Å². The normalized spacial score (nSPS) is 22.3. The van der Waals surface area contributed by atoms with Crippen LogP contribution in [0.5, 0.6) is 0 Å². The molecule has 2 nitrogen and oxygen atoms in total. The van der Waals surface area contributed by atoms with Crippen LogP contribution in [0, 0.1) is 0 Å². The van der Waals surface area contributed by atoms with Crippen molar-refractivity contribution >= 4 is 23.4 Å². The molecule has 66 valence electrons. The molecule has 1 saturated carbocycles. The highest BCUT2D eigenvalue weighted by Gasteiger charge is 2.53. The molecular formula is C10H9NOS. The largest absolute Gasteiger partial charge is 0.324 e. The van der Waals surface area contributed by atoms with Crippen LogP contribution in [0.4, 0.5) is 5.69 Å². The van der Waals surface area contributed by atoms with Gasteiger partial charge in [0.2, 0.25) is 5.91 Å². The Morgan fingerprint density at radius 3 is 2.85 bits per heavy atom. The number of hydrogen-bond donors (Lipinski definition) is 1. The molecule has 0 bridgehead atoms. The van der Waals surface area contributed by atoms with Gasteiger partial charge >= 0.3 is 0 Å². The molecule has 1 spiro atoms. The van der Waals surface area contributed by atoms with E-state index in [0.717, 1.165) is 18.5 Å². The van der Waals surface area contributed by atoms with Crippen LogP contribution in [0.3, 0.4) is 0 Å². The molecule has 1 N–H and O–H groups in total. The summed E-state index contributed by atoms with van der Waals surface area (Å²) in [6.07, 6.45) is 2.05. The van der Waals surface area contributed by atoms with Crippen molar-refractivity contribution in [3.05, 3.63) is 24.3 Å². The van der Waals surface area contributed by atoms with Gasteiger partial charge in [-0.2, -0.15) is 0 Å². The number of amides is 1. The second-order valence-electron chi connectivity index (χ2n) is 3.55. The van der Waals surface area contributed by atoms with Crippen LogP contribution in [0.25, 0.3) is 0 Å². The van der Waals surface area contributed by atoms with Crippen LogP contribution in [0.2, 0.25) is 0 Å². The van der Waals surface area contributed by atoms with Crippen LogP contribution in [-0.2, 0) is 4.79 Å². The quantitative estimate of drug-likeness (QED) is 0.681. The SMILES string of the molecule is O=C1Nc2ccccc2SC12CC2. The zero-order valence-corrected chi connectivity index (χ0v) is 7.86. The van der Waals surface area contributed by atoms with Gasteiger partial charge in [-0.3, -0.25) is 4.79 Å². The first-order valence-electron chi connectivity index (χ1n) is 4.40. The summed E-state index contributed by atoms with van der Waals surface area (Å²) in [5.41, 5.74) is 0.968. The van der Waals surface area contributed by atoms with Gasteiger partial charge in [0.15, 0.2) is 0 Å². The lowest BCUT2D eigenvalue weighted by atomic mass is 10.3. The zero-order valence-electron chi connectivity index (χ0n) is 7.04. The summed E-state index contributed by atoms with van der Waals surface area (Å²) >= 11 is 1.72. The highest BCUT2D eigenvalue weighted by Crippen LogP contribution is 2.56. The van der Waals surface area contributed by atoms with E-state index in [1.54, 1.807) is 11.8 Å². The summed E-state index contributed by atoms with van der Waals surface area (Å²) in [4.78, 5) is 12.8. The van der Waals surface area contributed by atoms with Crippen LogP contribution in [0.1, 0.15) is 12.8 Å². The lowest BCUT2D eigenvalue weighted by molar-refractivity contribution is -0.116. The standard InChI is InChI=1S/C10H9NOS/c12-9-10(5-6-10)13-8-4-2-1-3-7(8)11-9/h1-4H,5-6H2,(H,11,12). The molecule has 0 aromatic heterocycles. The Morgan fingerprint density at radius 2 is 2.08 bits per heavy atom. The highest BCUT2D eigenvalue weighted by molar-refractivity contribution is 8.02. The van der Waals surface area contributed by atoms with Gasteiger partial charge in [-0.1, -0.05) is 12.1 Å². The maximum absolute atomic E-state index is 11.6. The predicted octanol–water partition coefficient (Wildman–Crippen LogP) is 2.26. The number of rotatable bonds is 0. The molecule has 1 fully saturated rings. The summed E-state index contributed by atoms with van der Waals surface area (Å²) < 4.78 is -0.103.